The lowest BCUT2D eigenvalue weighted by molar-refractivity contribution is 0.653. The Kier molecular flexibility index (Phi) is 6.85. The summed E-state index contributed by atoms with van der Waals surface area (Å²) in [5.74, 6) is 0.658. The zero-order valence-corrected chi connectivity index (χ0v) is 14.3. The number of hydrogen-bond acceptors (Lipinski definition) is 0. The SMILES string of the molecule is C=C(C)C(C)CCB(C)/C(=C\C1(C)CC1)CC/C=C\C. The standard InChI is InChI=1S/C19H33B/c1-7-8-9-10-18(15-19(5)12-13-19)20(6)14-11-17(4)16(2)3/h7-8,15,17H,2,9-14H2,1,3-6H3/b8-7-,18-15-. The van der Waals surface area contributed by atoms with E-state index in [1.807, 2.05) is 0 Å². The Bertz CT molecular complexity index is 371. The number of hydrogen-bond donors (Lipinski definition) is 0. The quantitative estimate of drug-likeness (QED) is 0.339. The number of rotatable bonds is 9. The molecule has 112 valence electrons. The van der Waals surface area contributed by atoms with Crippen LogP contribution in [0, 0.1) is 11.3 Å². The maximum Gasteiger partial charge on any atom is 0.167 e. The molecule has 0 aromatic carbocycles. The first kappa shape index (κ1) is 17.3. The van der Waals surface area contributed by atoms with Gasteiger partial charge in [-0.3, -0.25) is 0 Å². The Balaban J connectivity index is 2.57. The van der Waals surface area contributed by atoms with Crippen LogP contribution in [0.5, 0.6) is 0 Å². The van der Waals surface area contributed by atoms with E-state index in [0.29, 0.717) is 11.3 Å². The van der Waals surface area contributed by atoms with Crippen LogP contribution in [-0.2, 0) is 0 Å². The molecule has 1 fully saturated rings. The van der Waals surface area contributed by atoms with Crippen molar-refractivity contribution in [2.45, 2.75) is 72.9 Å². The summed E-state index contributed by atoms with van der Waals surface area (Å²) in [6.45, 7) is 16.2. The molecule has 0 saturated heterocycles. The van der Waals surface area contributed by atoms with E-state index >= 15 is 0 Å². The van der Waals surface area contributed by atoms with Crippen LogP contribution >= 0.6 is 0 Å². The van der Waals surface area contributed by atoms with Gasteiger partial charge in [-0.05, 0) is 50.9 Å². The van der Waals surface area contributed by atoms with Crippen LogP contribution in [0.2, 0.25) is 13.1 Å². The Labute approximate surface area is 127 Å². The van der Waals surface area contributed by atoms with E-state index in [9.17, 15) is 0 Å². The van der Waals surface area contributed by atoms with Crippen LogP contribution in [0.15, 0.2) is 35.9 Å². The second kappa shape index (κ2) is 7.91. The van der Waals surface area contributed by atoms with E-state index in [2.05, 4.69) is 59.3 Å². The molecule has 1 saturated carbocycles. The smallest absolute Gasteiger partial charge is 0.104 e. The molecule has 20 heavy (non-hydrogen) atoms. The van der Waals surface area contributed by atoms with Crippen molar-refractivity contribution in [1.82, 2.24) is 0 Å². The molecule has 0 N–H and O–H groups in total. The second-order valence-electron chi connectivity index (χ2n) is 7.21. The molecule has 0 nitrogen and oxygen atoms in total. The third-order valence-corrected chi connectivity index (χ3v) is 4.91. The first-order valence-corrected chi connectivity index (χ1v) is 8.36. The van der Waals surface area contributed by atoms with Crippen LogP contribution in [0.3, 0.4) is 0 Å². The van der Waals surface area contributed by atoms with E-state index in [1.54, 1.807) is 5.47 Å². The minimum absolute atomic E-state index is 0.527. The Morgan fingerprint density at radius 2 is 2.05 bits per heavy atom. The highest BCUT2D eigenvalue weighted by molar-refractivity contribution is 6.65. The van der Waals surface area contributed by atoms with Gasteiger partial charge in [-0.2, -0.15) is 0 Å². The Hall–Kier alpha value is -0.715. The second-order valence-corrected chi connectivity index (χ2v) is 7.21. The van der Waals surface area contributed by atoms with Gasteiger partial charge in [-0.25, -0.2) is 0 Å². The predicted molar refractivity (Wildman–Crippen MR) is 94.5 cm³/mol. The van der Waals surface area contributed by atoms with Gasteiger partial charge in [0.25, 0.3) is 0 Å². The highest BCUT2D eigenvalue weighted by Crippen LogP contribution is 2.47. The van der Waals surface area contributed by atoms with Crippen molar-refractivity contribution < 1.29 is 0 Å². The third kappa shape index (κ3) is 6.16. The summed E-state index contributed by atoms with van der Waals surface area (Å²) in [6.07, 6.45) is 14.8. The van der Waals surface area contributed by atoms with Gasteiger partial charge in [0.2, 0.25) is 0 Å². The summed E-state index contributed by atoms with van der Waals surface area (Å²) in [5.41, 5.74) is 3.54. The largest absolute Gasteiger partial charge is 0.167 e. The molecule has 0 aromatic rings. The zero-order chi connectivity index (χ0) is 15.2. The van der Waals surface area contributed by atoms with E-state index in [0.717, 1.165) is 6.71 Å². The van der Waals surface area contributed by atoms with Gasteiger partial charge < -0.3 is 0 Å². The Morgan fingerprint density at radius 1 is 1.40 bits per heavy atom. The highest BCUT2D eigenvalue weighted by atomic mass is 14.4. The summed E-state index contributed by atoms with van der Waals surface area (Å²) in [7, 11) is 0. The molecule has 1 aliphatic rings. The van der Waals surface area contributed by atoms with Crippen molar-refractivity contribution in [1.29, 1.82) is 0 Å². The van der Waals surface area contributed by atoms with Gasteiger partial charge >= 0.3 is 0 Å². The molecule has 1 unspecified atom stereocenters. The lowest BCUT2D eigenvalue weighted by Gasteiger charge is -2.18. The fourth-order valence-electron chi connectivity index (χ4n) is 2.60. The maximum atomic E-state index is 4.08. The molecule has 0 heterocycles. The highest BCUT2D eigenvalue weighted by Gasteiger charge is 2.35. The minimum atomic E-state index is 0.527. The van der Waals surface area contributed by atoms with Crippen LogP contribution in [-0.4, -0.2) is 6.71 Å². The molecule has 0 bridgehead atoms. The molecular weight excluding hydrogens is 239 g/mol. The van der Waals surface area contributed by atoms with Crippen molar-refractivity contribution in [2.75, 3.05) is 0 Å². The molecule has 1 aliphatic carbocycles. The van der Waals surface area contributed by atoms with Gasteiger partial charge in [-0.15, -0.1) is 5.47 Å². The van der Waals surface area contributed by atoms with Gasteiger partial charge in [0.1, 0.15) is 0 Å². The number of allylic oxidation sites excluding steroid dienone is 5. The van der Waals surface area contributed by atoms with Crippen molar-refractivity contribution >= 4 is 6.71 Å². The predicted octanol–water partition coefficient (Wildman–Crippen LogP) is 6.34. The molecule has 1 atom stereocenters. The third-order valence-electron chi connectivity index (χ3n) is 4.91. The molecule has 0 aromatic heterocycles. The van der Waals surface area contributed by atoms with E-state index in [-0.39, 0.29) is 0 Å². The van der Waals surface area contributed by atoms with Crippen LogP contribution in [0.1, 0.15) is 59.8 Å². The molecule has 0 amide bonds. The average molecular weight is 272 g/mol. The summed E-state index contributed by atoms with van der Waals surface area (Å²) >= 11 is 0. The molecule has 0 spiro atoms. The molecule has 0 radical (unpaired) electrons. The fourth-order valence-corrected chi connectivity index (χ4v) is 2.60. The van der Waals surface area contributed by atoms with Crippen LogP contribution in [0.25, 0.3) is 0 Å². The van der Waals surface area contributed by atoms with E-state index < -0.39 is 0 Å². The van der Waals surface area contributed by atoms with Crippen LogP contribution < -0.4 is 0 Å². The lowest BCUT2D eigenvalue weighted by atomic mass is 9.42. The average Bonchev–Trinajstić information content (AvgIpc) is 3.12. The fraction of sp³-hybridized carbons (Fsp3) is 0.684. The monoisotopic (exact) mass is 272 g/mol. The Morgan fingerprint density at radius 3 is 2.55 bits per heavy atom. The molecule has 1 heteroatoms. The minimum Gasteiger partial charge on any atom is -0.104 e. The van der Waals surface area contributed by atoms with E-state index in [4.69, 9.17) is 0 Å². The first-order valence-electron chi connectivity index (χ1n) is 8.36. The van der Waals surface area contributed by atoms with Gasteiger partial charge in [0.15, 0.2) is 6.71 Å². The normalized spacial score (nSPS) is 19.1. The van der Waals surface area contributed by atoms with Gasteiger partial charge in [0, 0.05) is 0 Å². The maximum absolute atomic E-state index is 4.08. The van der Waals surface area contributed by atoms with Crippen molar-refractivity contribution in [2.24, 2.45) is 11.3 Å². The van der Waals surface area contributed by atoms with Gasteiger partial charge in [-0.1, -0.05) is 63.8 Å². The topological polar surface area (TPSA) is 0 Å². The van der Waals surface area contributed by atoms with Gasteiger partial charge in [0.05, 0.1) is 0 Å². The lowest BCUT2D eigenvalue weighted by Crippen LogP contribution is -2.15. The molecule has 0 aliphatic heterocycles. The molecule has 1 rings (SSSR count). The summed E-state index contributed by atoms with van der Waals surface area (Å²) in [6, 6.07) is 0. The first-order chi connectivity index (χ1) is 9.38. The van der Waals surface area contributed by atoms with Crippen molar-refractivity contribution in [3.8, 4) is 0 Å². The summed E-state index contributed by atoms with van der Waals surface area (Å²) in [4.78, 5) is 0. The van der Waals surface area contributed by atoms with Crippen LogP contribution in [0.4, 0.5) is 0 Å². The van der Waals surface area contributed by atoms with Crippen molar-refractivity contribution in [3.63, 3.8) is 0 Å². The van der Waals surface area contributed by atoms with Crippen molar-refractivity contribution in [3.05, 3.63) is 35.9 Å². The zero-order valence-electron chi connectivity index (χ0n) is 14.3. The summed E-state index contributed by atoms with van der Waals surface area (Å²) in [5, 5.41) is 0. The molecular formula is C19H33B. The summed E-state index contributed by atoms with van der Waals surface area (Å²) < 4.78 is 0. The van der Waals surface area contributed by atoms with E-state index in [1.165, 1.54) is 44.0 Å².